The summed E-state index contributed by atoms with van der Waals surface area (Å²) in [4.78, 5) is 21.1. The summed E-state index contributed by atoms with van der Waals surface area (Å²) in [6, 6.07) is 6.05. The Morgan fingerprint density at radius 3 is 2.68 bits per heavy atom. The predicted octanol–water partition coefficient (Wildman–Crippen LogP) is 2.35. The average Bonchev–Trinajstić information content (AvgIpc) is 3.23. The summed E-state index contributed by atoms with van der Waals surface area (Å²) in [6.45, 7) is 4.96. The summed E-state index contributed by atoms with van der Waals surface area (Å²) >= 11 is 1.59. The summed E-state index contributed by atoms with van der Waals surface area (Å²) in [5, 5.41) is 3.92. The minimum absolute atomic E-state index is 0.203. The number of fused-ring (bicyclic) bond motifs is 1. The molecule has 2 aliphatic heterocycles. The van der Waals surface area contributed by atoms with E-state index in [-0.39, 0.29) is 5.91 Å². The van der Waals surface area contributed by atoms with Crippen molar-refractivity contribution >= 4 is 17.2 Å². The lowest BCUT2D eigenvalue weighted by atomic mass is 10.0. The molecule has 0 bridgehead atoms. The van der Waals surface area contributed by atoms with E-state index in [1.807, 2.05) is 40.2 Å². The first kappa shape index (κ1) is 13.9. The summed E-state index contributed by atoms with van der Waals surface area (Å²) in [5.41, 5.74) is 2.12. The highest BCUT2D eigenvalue weighted by Gasteiger charge is 2.41. The second kappa shape index (κ2) is 5.82. The number of thiophene rings is 1. The maximum atomic E-state index is 12.4. The van der Waals surface area contributed by atoms with E-state index >= 15 is 0 Å². The number of hydrogen-bond acceptors (Lipinski definition) is 4. The van der Waals surface area contributed by atoms with E-state index in [1.54, 1.807) is 11.3 Å². The molecule has 0 spiro atoms. The molecular weight excluding hydrogens is 294 g/mol. The second-order valence-corrected chi connectivity index (χ2v) is 7.08. The number of aromatic nitrogens is 1. The van der Waals surface area contributed by atoms with Crippen molar-refractivity contribution in [2.45, 2.75) is 6.54 Å². The van der Waals surface area contributed by atoms with Gasteiger partial charge in [-0.25, -0.2) is 0 Å². The zero-order chi connectivity index (χ0) is 14.9. The van der Waals surface area contributed by atoms with Gasteiger partial charge in [0.05, 0.1) is 5.56 Å². The van der Waals surface area contributed by atoms with E-state index in [0.717, 1.165) is 38.3 Å². The molecule has 114 valence electrons. The molecule has 2 aliphatic rings. The Morgan fingerprint density at radius 2 is 2.05 bits per heavy atom. The van der Waals surface area contributed by atoms with Gasteiger partial charge in [-0.2, -0.15) is 11.3 Å². The van der Waals surface area contributed by atoms with E-state index in [0.29, 0.717) is 11.8 Å². The van der Waals surface area contributed by atoms with Gasteiger partial charge in [0.15, 0.2) is 0 Å². The van der Waals surface area contributed by atoms with Gasteiger partial charge in [-0.15, -0.1) is 0 Å². The van der Waals surface area contributed by atoms with Crippen LogP contribution in [0.3, 0.4) is 0 Å². The van der Waals surface area contributed by atoms with Crippen LogP contribution in [0, 0.1) is 11.8 Å². The Labute approximate surface area is 134 Å². The molecule has 2 fully saturated rings. The van der Waals surface area contributed by atoms with Crippen LogP contribution in [0.4, 0.5) is 0 Å². The van der Waals surface area contributed by atoms with E-state index < -0.39 is 0 Å². The highest BCUT2D eigenvalue weighted by atomic mass is 32.1. The van der Waals surface area contributed by atoms with Crippen LogP contribution in [0.1, 0.15) is 15.9 Å². The fourth-order valence-electron chi connectivity index (χ4n) is 3.70. The highest BCUT2D eigenvalue weighted by Crippen LogP contribution is 2.32. The first-order chi connectivity index (χ1) is 10.8. The highest BCUT2D eigenvalue weighted by molar-refractivity contribution is 7.08. The Kier molecular flexibility index (Phi) is 3.68. The van der Waals surface area contributed by atoms with E-state index in [1.165, 1.54) is 5.56 Å². The molecule has 5 heteroatoms. The van der Waals surface area contributed by atoms with Gasteiger partial charge < -0.3 is 4.90 Å². The molecule has 0 aromatic carbocycles. The van der Waals surface area contributed by atoms with Crippen LogP contribution >= 0.6 is 11.3 Å². The monoisotopic (exact) mass is 313 g/mol. The lowest BCUT2D eigenvalue weighted by Crippen LogP contribution is -2.32. The fourth-order valence-corrected chi connectivity index (χ4v) is 4.33. The molecule has 2 unspecified atom stereocenters. The largest absolute Gasteiger partial charge is 0.338 e. The normalized spacial score (nSPS) is 24.6. The maximum Gasteiger partial charge on any atom is 0.254 e. The molecule has 4 nitrogen and oxygen atoms in total. The number of nitrogens with zero attached hydrogens (tertiary/aromatic N) is 3. The van der Waals surface area contributed by atoms with Crippen molar-refractivity contribution in [1.29, 1.82) is 0 Å². The summed E-state index contributed by atoms with van der Waals surface area (Å²) < 4.78 is 0. The van der Waals surface area contributed by atoms with Crippen LogP contribution in [0.25, 0.3) is 0 Å². The maximum absolute atomic E-state index is 12.4. The number of likely N-dealkylation sites (tertiary alicyclic amines) is 2. The molecule has 0 N–H and O–H groups in total. The van der Waals surface area contributed by atoms with Crippen LogP contribution in [-0.4, -0.2) is 46.9 Å². The third-order valence-corrected chi connectivity index (χ3v) is 5.43. The van der Waals surface area contributed by atoms with Crippen LogP contribution in [0.2, 0.25) is 0 Å². The third-order valence-electron chi connectivity index (χ3n) is 4.75. The lowest BCUT2D eigenvalue weighted by Gasteiger charge is -2.21. The Hall–Kier alpha value is -1.72. The summed E-state index contributed by atoms with van der Waals surface area (Å²) in [6.07, 6.45) is 3.76. The van der Waals surface area contributed by atoms with Crippen molar-refractivity contribution in [3.63, 3.8) is 0 Å². The minimum Gasteiger partial charge on any atom is -0.338 e. The predicted molar refractivity (Wildman–Crippen MR) is 86.7 cm³/mol. The van der Waals surface area contributed by atoms with Crippen molar-refractivity contribution in [1.82, 2.24) is 14.8 Å². The van der Waals surface area contributed by atoms with Crippen LogP contribution in [0.15, 0.2) is 41.4 Å². The average molecular weight is 313 g/mol. The second-order valence-electron chi connectivity index (χ2n) is 6.30. The molecule has 4 rings (SSSR count). The van der Waals surface area contributed by atoms with Gasteiger partial charge in [0.2, 0.25) is 0 Å². The SMILES string of the molecule is O=C(c1ccsc1)N1CC2CN(Cc3cccnc3)CC2C1. The molecule has 0 radical (unpaired) electrons. The number of amides is 1. The Balaban J connectivity index is 1.36. The molecule has 22 heavy (non-hydrogen) atoms. The lowest BCUT2D eigenvalue weighted by molar-refractivity contribution is 0.0774. The smallest absolute Gasteiger partial charge is 0.254 e. The van der Waals surface area contributed by atoms with Crippen molar-refractivity contribution < 1.29 is 4.79 Å². The number of pyridine rings is 1. The zero-order valence-corrected chi connectivity index (χ0v) is 13.2. The van der Waals surface area contributed by atoms with Crippen molar-refractivity contribution in [2.24, 2.45) is 11.8 Å². The van der Waals surface area contributed by atoms with E-state index in [2.05, 4.69) is 16.0 Å². The van der Waals surface area contributed by atoms with Gasteiger partial charge in [0.1, 0.15) is 0 Å². The van der Waals surface area contributed by atoms with Crippen molar-refractivity contribution in [3.8, 4) is 0 Å². The van der Waals surface area contributed by atoms with E-state index in [4.69, 9.17) is 0 Å². The fraction of sp³-hybridized carbons (Fsp3) is 0.412. The Morgan fingerprint density at radius 1 is 1.23 bits per heavy atom. The number of carbonyl (C=O) groups excluding carboxylic acids is 1. The van der Waals surface area contributed by atoms with Gasteiger partial charge in [0, 0.05) is 50.5 Å². The van der Waals surface area contributed by atoms with Crippen LogP contribution < -0.4 is 0 Å². The van der Waals surface area contributed by atoms with Gasteiger partial charge in [-0.3, -0.25) is 14.7 Å². The molecule has 2 aromatic heterocycles. The molecule has 0 saturated carbocycles. The molecular formula is C17H19N3OS. The van der Waals surface area contributed by atoms with Crippen molar-refractivity contribution in [2.75, 3.05) is 26.2 Å². The van der Waals surface area contributed by atoms with Gasteiger partial charge in [-0.1, -0.05) is 6.07 Å². The molecule has 1 amide bonds. The molecule has 2 atom stereocenters. The first-order valence-electron chi connectivity index (χ1n) is 7.72. The standard InChI is InChI=1S/C17H19N3OS/c21-17(14-3-5-22-12-14)20-10-15-8-19(9-16(15)11-20)7-13-2-1-4-18-6-13/h1-6,12,15-16H,7-11H2. The first-order valence-corrected chi connectivity index (χ1v) is 8.66. The third kappa shape index (κ3) is 2.66. The van der Waals surface area contributed by atoms with Gasteiger partial charge in [0.25, 0.3) is 5.91 Å². The zero-order valence-electron chi connectivity index (χ0n) is 12.4. The van der Waals surface area contributed by atoms with Gasteiger partial charge in [-0.05, 0) is 34.9 Å². The molecule has 2 saturated heterocycles. The molecule has 4 heterocycles. The van der Waals surface area contributed by atoms with Crippen LogP contribution in [-0.2, 0) is 6.54 Å². The molecule has 2 aromatic rings. The van der Waals surface area contributed by atoms with Gasteiger partial charge >= 0.3 is 0 Å². The Bertz CT molecular complexity index is 629. The quantitative estimate of drug-likeness (QED) is 0.873. The molecule has 0 aliphatic carbocycles. The summed E-state index contributed by atoms with van der Waals surface area (Å²) in [5.74, 6) is 1.45. The topological polar surface area (TPSA) is 36.4 Å². The number of carbonyl (C=O) groups is 1. The minimum atomic E-state index is 0.203. The summed E-state index contributed by atoms with van der Waals surface area (Å²) in [7, 11) is 0. The van der Waals surface area contributed by atoms with Crippen molar-refractivity contribution in [3.05, 3.63) is 52.5 Å². The number of rotatable bonds is 3. The van der Waals surface area contributed by atoms with E-state index in [9.17, 15) is 4.79 Å². The van der Waals surface area contributed by atoms with Crippen LogP contribution in [0.5, 0.6) is 0 Å². The number of hydrogen-bond donors (Lipinski definition) is 0.